The molecule has 0 amide bonds. The molecule has 0 radical (unpaired) electrons. The predicted molar refractivity (Wildman–Crippen MR) is 83.7 cm³/mol. The molecular formula is C13H20Cl2N2O2S. The quantitative estimate of drug-likeness (QED) is 0.835. The van der Waals surface area contributed by atoms with Gasteiger partial charge in [0, 0.05) is 17.1 Å². The maximum absolute atomic E-state index is 12.5. The van der Waals surface area contributed by atoms with Crippen molar-refractivity contribution in [3.05, 3.63) is 27.7 Å². The summed E-state index contributed by atoms with van der Waals surface area (Å²) in [5.41, 5.74) is 5.59. The average molecular weight is 339 g/mol. The Bertz CT molecular complexity index is 584. The lowest BCUT2D eigenvalue weighted by atomic mass is 9.98. The molecule has 3 N–H and O–H groups in total. The Morgan fingerprint density at radius 2 is 1.75 bits per heavy atom. The van der Waals surface area contributed by atoms with Gasteiger partial charge >= 0.3 is 0 Å². The molecule has 0 saturated carbocycles. The zero-order chi connectivity index (χ0) is 15.6. The first-order chi connectivity index (χ1) is 9.19. The maximum atomic E-state index is 12.5. The van der Waals surface area contributed by atoms with E-state index in [9.17, 15) is 8.42 Å². The van der Waals surface area contributed by atoms with Gasteiger partial charge in [0.15, 0.2) is 0 Å². The van der Waals surface area contributed by atoms with Crippen LogP contribution in [0.5, 0.6) is 0 Å². The number of benzene rings is 1. The minimum absolute atomic E-state index is 0.0112. The van der Waals surface area contributed by atoms with E-state index in [2.05, 4.69) is 4.72 Å². The minimum atomic E-state index is -3.72. The van der Waals surface area contributed by atoms with Gasteiger partial charge in [-0.3, -0.25) is 0 Å². The van der Waals surface area contributed by atoms with Crippen molar-refractivity contribution in [3.63, 3.8) is 0 Å². The van der Waals surface area contributed by atoms with Crippen LogP contribution in [-0.4, -0.2) is 14.0 Å². The second kappa shape index (κ2) is 6.62. The molecule has 0 aliphatic carbocycles. The fraction of sp³-hybridized carbons (Fsp3) is 0.538. The molecule has 0 saturated heterocycles. The van der Waals surface area contributed by atoms with Crippen molar-refractivity contribution < 1.29 is 8.42 Å². The molecule has 0 aliphatic heterocycles. The highest BCUT2D eigenvalue weighted by molar-refractivity contribution is 7.89. The number of nitrogens with one attached hydrogen (secondary N) is 1. The summed E-state index contributed by atoms with van der Waals surface area (Å²) < 4.78 is 27.7. The van der Waals surface area contributed by atoms with Gasteiger partial charge in [0.2, 0.25) is 10.0 Å². The van der Waals surface area contributed by atoms with Gasteiger partial charge in [0.25, 0.3) is 0 Å². The number of hydrogen-bond donors (Lipinski definition) is 2. The highest BCUT2D eigenvalue weighted by atomic mass is 35.5. The molecule has 0 atom stereocenters. The van der Waals surface area contributed by atoms with E-state index in [1.54, 1.807) is 0 Å². The fourth-order valence-corrected chi connectivity index (χ4v) is 4.13. The molecule has 0 unspecified atom stereocenters. The van der Waals surface area contributed by atoms with E-state index in [-0.39, 0.29) is 16.5 Å². The SMILES string of the molecule is CCC(C)(CC)NS(=O)(=O)c1cc(CN)c(Cl)cc1Cl. The molecule has 20 heavy (non-hydrogen) atoms. The molecule has 7 heteroatoms. The van der Waals surface area contributed by atoms with Crippen molar-refractivity contribution in [2.45, 2.75) is 50.6 Å². The molecule has 0 heterocycles. The second-order valence-corrected chi connectivity index (χ2v) is 7.42. The van der Waals surface area contributed by atoms with Crippen LogP contribution in [0.1, 0.15) is 39.2 Å². The van der Waals surface area contributed by atoms with Crippen LogP contribution in [0.3, 0.4) is 0 Å². The summed E-state index contributed by atoms with van der Waals surface area (Å²) in [7, 11) is -3.72. The number of halogens is 2. The molecule has 0 bridgehead atoms. The van der Waals surface area contributed by atoms with E-state index in [1.165, 1.54) is 12.1 Å². The first-order valence-electron chi connectivity index (χ1n) is 6.41. The normalized spacial score (nSPS) is 12.7. The van der Waals surface area contributed by atoms with Gasteiger partial charge in [-0.05, 0) is 37.5 Å². The van der Waals surface area contributed by atoms with Crippen LogP contribution in [-0.2, 0) is 16.6 Å². The Kier molecular flexibility index (Phi) is 5.87. The van der Waals surface area contributed by atoms with Crippen molar-refractivity contribution in [3.8, 4) is 0 Å². The Labute approximate surface area is 130 Å². The highest BCUT2D eigenvalue weighted by Gasteiger charge is 2.29. The summed E-state index contributed by atoms with van der Waals surface area (Å²) in [6, 6.07) is 2.84. The van der Waals surface area contributed by atoms with Gasteiger partial charge in [-0.25, -0.2) is 13.1 Å². The first-order valence-corrected chi connectivity index (χ1v) is 8.65. The van der Waals surface area contributed by atoms with Gasteiger partial charge in [-0.2, -0.15) is 0 Å². The summed E-state index contributed by atoms with van der Waals surface area (Å²) in [5.74, 6) is 0. The molecule has 1 aromatic carbocycles. The van der Waals surface area contributed by atoms with E-state index >= 15 is 0 Å². The summed E-state index contributed by atoms with van der Waals surface area (Å²) in [5, 5.41) is 0.458. The average Bonchev–Trinajstić information content (AvgIpc) is 2.38. The Morgan fingerprint density at radius 1 is 1.20 bits per heavy atom. The lowest BCUT2D eigenvalue weighted by Gasteiger charge is -2.28. The van der Waals surface area contributed by atoms with E-state index in [0.29, 0.717) is 23.4 Å². The molecule has 1 rings (SSSR count). The van der Waals surface area contributed by atoms with Crippen LogP contribution in [0.15, 0.2) is 17.0 Å². The largest absolute Gasteiger partial charge is 0.326 e. The molecule has 0 spiro atoms. The standard InChI is InChI=1S/C13H20Cl2N2O2S/c1-4-13(3,5-2)17-20(18,19)12-6-9(8-16)10(14)7-11(12)15/h6-7,17H,4-5,8,16H2,1-3H3. The predicted octanol–water partition coefficient (Wildman–Crippen LogP) is 3.31. The second-order valence-electron chi connectivity index (χ2n) is 4.95. The number of rotatable bonds is 6. The lowest BCUT2D eigenvalue weighted by molar-refractivity contribution is 0.388. The van der Waals surface area contributed by atoms with Gasteiger partial charge in [0.1, 0.15) is 4.90 Å². The van der Waals surface area contributed by atoms with E-state index < -0.39 is 15.6 Å². The number of nitrogens with two attached hydrogens (primary N) is 1. The van der Waals surface area contributed by atoms with Crippen LogP contribution in [0.2, 0.25) is 10.0 Å². The van der Waals surface area contributed by atoms with Crippen LogP contribution < -0.4 is 10.5 Å². The minimum Gasteiger partial charge on any atom is -0.326 e. The molecule has 1 aromatic rings. The first kappa shape index (κ1) is 17.7. The summed E-state index contributed by atoms with van der Waals surface area (Å²) in [6.07, 6.45) is 1.36. The van der Waals surface area contributed by atoms with Crippen molar-refractivity contribution in [1.82, 2.24) is 4.72 Å². The third-order valence-electron chi connectivity index (χ3n) is 3.55. The van der Waals surface area contributed by atoms with E-state index in [4.69, 9.17) is 28.9 Å². The molecule has 0 fully saturated rings. The Morgan fingerprint density at radius 3 is 2.20 bits per heavy atom. The van der Waals surface area contributed by atoms with Crippen molar-refractivity contribution in [2.24, 2.45) is 5.73 Å². The molecule has 114 valence electrons. The molecule has 0 aliphatic rings. The molecule has 4 nitrogen and oxygen atoms in total. The van der Waals surface area contributed by atoms with Crippen molar-refractivity contribution >= 4 is 33.2 Å². The topological polar surface area (TPSA) is 72.2 Å². The maximum Gasteiger partial charge on any atom is 0.242 e. The van der Waals surface area contributed by atoms with Crippen LogP contribution >= 0.6 is 23.2 Å². The zero-order valence-electron chi connectivity index (χ0n) is 11.8. The van der Waals surface area contributed by atoms with Crippen LogP contribution in [0.4, 0.5) is 0 Å². The van der Waals surface area contributed by atoms with Gasteiger partial charge < -0.3 is 5.73 Å². The summed E-state index contributed by atoms with van der Waals surface area (Å²) in [6.45, 7) is 5.87. The number of sulfonamides is 1. The van der Waals surface area contributed by atoms with Crippen molar-refractivity contribution in [1.29, 1.82) is 0 Å². The highest BCUT2D eigenvalue weighted by Crippen LogP contribution is 2.29. The lowest BCUT2D eigenvalue weighted by Crippen LogP contribution is -2.44. The van der Waals surface area contributed by atoms with E-state index in [0.717, 1.165) is 0 Å². The van der Waals surface area contributed by atoms with Gasteiger partial charge in [0.05, 0.1) is 5.02 Å². The molecule has 0 aromatic heterocycles. The Balaban J connectivity index is 3.29. The van der Waals surface area contributed by atoms with E-state index in [1.807, 2.05) is 20.8 Å². The summed E-state index contributed by atoms with van der Waals surface area (Å²) >= 11 is 12.0. The van der Waals surface area contributed by atoms with Crippen molar-refractivity contribution in [2.75, 3.05) is 0 Å². The third kappa shape index (κ3) is 3.86. The summed E-state index contributed by atoms with van der Waals surface area (Å²) in [4.78, 5) is 0.0112. The molecular weight excluding hydrogens is 319 g/mol. The number of hydrogen-bond acceptors (Lipinski definition) is 3. The van der Waals surface area contributed by atoms with Crippen LogP contribution in [0.25, 0.3) is 0 Å². The third-order valence-corrected chi connectivity index (χ3v) is 6.01. The van der Waals surface area contributed by atoms with Gasteiger partial charge in [-0.15, -0.1) is 0 Å². The van der Waals surface area contributed by atoms with Crippen LogP contribution in [0, 0.1) is 0 Å². The Hall–Kier alpha value is -0.330. The smallest absolute Gasteiger partial charge is 0.242 e. The fourth-order valence-electron chi connectivity index (χ4n) is 1.71. The van der Waals surface area contributed by atoms with Gasteiger partial charge in [-0.1, -0.05) is 37.0 Å². The monoisotopic (exact) mass is 338 g/mol. The zero-order valence-corrected chi connectivity index (χ0v) is 14.2.